The lowest BCUT2D eigenvalue weighted by atomic mass is 10.2. The second kappa shape index (κ2) is 5.94. The van der Waals surface area contributed by atoms with E-state index in [4.69, 9.17) is 20.8 Å². The van der Waals surface area contributed by atoms with E-state index in [9.17, 15) is 9.59 Å². The summed E-state index contributed by atoms with van der Waals surface area (Å²) < 4.78 is 11.2. The van der Waals surface area contributed by atoms with Crippen LogP contribution in [0, 0.1) is 0 Å². The van der Waals surface area contributed by atoms with E-state index in [1.807, 2.05) is 0 Å². The van der Waals surface area contributed by atoms with Crippen LogP contribution in [0.4, 0.5) is 0 Å². The zero-order valence-electron chi connectivity index (χ0n) is 11.0. The van der Waals surface area contributed by atoms with Gasteiger partial charge in [0.05, 0.1) is 10.9 Å². The quantitative estimate of drug-likeness (QED) is 0.488. The lowest BCUT2D eigenvalue weighted by molar-refractivity contribution is 0.0734. The fourth-order valence-corrected chi connectivity index (χ4v) is 2.53. The highest BCUT2D eigenvalue weighted by Gasteiger charge is 2.13. The van der Waals surface area contributed by atoms with Crippen LogP contribution in [-0.2, 0) is 0 Å². The summed E-state index contributed by atoms with van der Waals surface area (Å²) >= 11 is 9.00. The van der Waals surface area contributed by atoms with E-state index in [1.165, 1.54) is 18.2 Å². The predicted octanol–water partition coefficient (Wildman–Crippen LogP) is 4.43. The molecule has 22 heavy (non-hydrogen) atoms. The SMILES string of the molecule is O=C(Oc1ccc2c(=O)c(Cl)coc2c1)c1ccccc1Br. The number of hydrogen-bond acceptors (Lipinski definition) is 4. The van der Waals surface area contributed by atoms with Gasteiger partial charge in [-0.05, 0) is 40.2 Å². The zero-order chi connectivity index (χ0) is 15.7. The maximum atomic E-state index is 12.1. The molecule has 0 aliphatic heterocycles. The third-order valence-electron chi connectivity index (χ3n) is 3.01. The maximum absolute atomic E-state index is 12.1. The molecule has 0 aliphatic carbocycles. The summed E-state index contributed by atoms with van der Waals surface area (Å²) in [7, 11) is 0. The van der Waals surface area contributed by atoms with Crippen molar-refractivity contribution in [3.63, 3.8) is 0 Å². The monoisotopic (exact) mass is 378 g/mol. The summed E-state index contributed by atoms with van der Waals surface area (Å²) in [5, 5.41) is 0.332. The highest BCUT2D eigenvalue weighted by atomic mass is 79.9. The van der Waals surface area contributed by atoms with Gasteiger partial charge >= 0.3 is 5.97 Å². The molecule has 0 fully saturated rings. The Bertz CT molecular complexity index is 933. The highest BCUT2D eigenvalue weighted by molar-refractivity contribution is 9.10. The van der Waals surface area contributed by atoms with Crippen LogP contribution in [0.3, 0.4) is 0 Å². The Kier molecular flexibility index (Phi) is 4.00. The largest absolute Gasteiger partial charge is 0.462 e. The fraction of sp³-hybridized carbons (Fsp3) is 0. The average Bonchev–Trinajstić information content (AvgIpc) is 2.51. The molecule has 4 nitrogen and oxygen atoms in total. The first kappa shape index (κ1) is 14.8. The number of esters is 1. The van der Waals surface area contributed by atoms with Crippen LogP contribution in [0.25, 0.3) is 11.0 Å². The fourth-order valence-electron chi connectivity index (χ4n) is 1.94. The molecule has 3 rings (SSSR count). The molecule has 6 heteroatoms. The normalized spacial score (nSPS) is 10.6. The molecule has 1 aromatic heterocycles. The van der Waals surface area contributed by atoms with Crippen LogP contribution in [0.1, 0.15) is 10.4 Å². The first-order valence-electron chi connectivity index (χ1n) is 6.24. The Morgan fingerprint density at radius 2 is 1.95 bits per heavy atom. The molecule has 0 amide bonds. The molecule has 3 aromatic rings. The van der Waals surface area contributed by atoms with Gasteiger partial charge in [-0.1, -0.05) is 23.7 Å². The van der Waals surface area contributed by atoms with Gasteiger partial charge < -0.3 is 9.15 Å². The van der Waals surface area contributed by atoms with Crippen molar-refractivity contribution in [3.8, 4) is 5.75 Å². The van der Waals surface area contributed by atoms with Crippen molar-refractivity contribution in [1.29, 1.82) is 0 Å². The van der Waals surface area contributed by atoms with E-state index in [-0.39, 0.29) is 16.2 Å². The minimum absolute atomic E-state index is 0.00506. The van der Waals surface area contributed by atoms with E-state index < -0.39 is 5.97 Å². The third-order valence-corrected chi connectivity index (χ3v) is 3.96. The number of ether oxygens (including phenoxy) is 1. The van der Waals surface area contributed by atoms with Crippen molar-refractivity contribution in [1.82, 2.24) is 0 Å². The second-order valence-corrected chi connectivity index (χ2v) is 5.70. The molecule has 110 valence electrons. The Labute approximate surface area is 138 Å². The Balaban J connectivity index is 1.95. The van der Waals surface area contributed by atoms with Crippen LogP contribution < -0.4 is 10.2 Å². The van der Waals surface area contributed by atoms with Gasteiger partial charge in [-0.2, -0.15) is 0 Å². The van der Waals surface area contributed by atoms with Crippen LogP contribution in [0.5, 0.6) is 5.75 Å². The molecule has 2 aromatic carbocycles. The average molecular weight is 380 g/mol. The van der Waals surface area contributed by atoms with Gasteiger partial charge in [0.25, 0.3) is 0 Å². The molecule has 0 N–H and O–H groups in total. The number of hydrogen-bond donors (Lipinski definition) is 0. The zero-order valence-corrected chi connectivity index (χ0v) is 13.3. The van der Waals surface area contributed by atoms with E-state index in [1.54, 1.807) is 24.3 Å². The smallest absolute Gasteiger partial charge is 0.344 e. The van der Waals surface area contributed by atoms with Gasteiger partial charge in [0.15, 0.2) is 0 Å². The minimum atomic E-state index is -0.511. The molecular weight excluding hydrogens is 372 g/mol. The van der Waals surface area contributed by atoms with E-state index >= 15 is 0 Å². The number of fused-ring (bicyclic) bond motifs is 1. The van der Waals surface area contributed by atoms with Crippen molar-refractivity contribution >= 4 is 44.5 Å². The Morgan fingerprint density at radius 3 is 2.73 bits per heavy atom. The van der Waals surface area contributed by atoms with Crippen molar-refractivity contribution in [2.75, 3.05) is 0 Å². The number of rotatable bonds is 2. The topological polar surface area (TPSA) is 56.5 Å². The summed E-state index contributed by atoms with van der Waals surface area (Å²) in [4.78, 5) is 23.9. The van der Waals surface area contributed by atoms with Gasteiger partial charge in [-0.25, -0.2) is 4.79 Å². The molecule has 0 saturated heterocycles. The van der Waals surface area contributed by atoms with Crippen LogP contribution in [0.2, 0.25) is 5.02 Å². The van der Waals surface area contributed by atoms with Gasteiger partial charge in [-0.15, -0.1) is 0 Å². The highest BCUT2D eigenvalue weighted by Crippen LogP contribution is 2.23. The molecule has 1 heterocycles. The number of benzene rings is 2. The van der Waals surface area contributed by atoms with Crippen LogP contribution in [-0.4, -0.2) is 5.97 Å². The molecule has 0 saturated carbocycles. The second-order valence-electron chi connectivity index (χ2n) is 4.44. The first-order chi connectivity index (χ1) is 10.6. The molecule has 0 bridgehead atoms. The lowest BCUT2D eigenvalue weighted by Crippen LogP contribution is -2.09. The molecular formula is C16H8BrClO4. The van der Waals surface area contributed by atoms with E-state index in [0.717, 1.165) is 6.26 Å². The van der Waals surface area contributed by atoms with Gasteiger partial charge in [0.1, 0.15) is 22.6 Å². The van der Waals surface area contributed by atoms with Crippen molar-refractivity contribution in [2.24, 2.45) is 0 Å². The summed E-state index contributed by atoms with van der Waals surface area (Å²) in [5.41, 5.74) is 0.374. The molecule has 0 radical (unpaired) electrons. The van der Waals surface area contributed by atoms with E-state index in [2.05, 4.69) is 15.9 Å². The summed E-state index contributed by atoms with van der Waals surface area (Å²) in [6.07, 6.45) is 1.16. The summed E-state index contributed by atoms with van der Waals surface area (Å²) in [5.74, 6) is -0.234. The third kappa shape index (κ3) is 2.77. The maximum Gasteiger partial charge on any atom is 0.344 e. The number of carbonyl (C=O) groups is 1. The van der Waals surface area contributed by atoms with Gasteiger partial charge in [-0.3, -0.25) is 4.79 Å². The van der Waals surface area contributed by atoms with Crippen molar-refractivity contribution in [2.45, 2.75) is 0 Å². The van der Waals surface area contributed by atoms with Crippen LogP contribution in [0.15, 0.2) is 62.4 Å². The molecule has 0 atom stereocenters. The van der Waals surface area contributed by atoms with Crippen molar-refractivity contribution in [3.05, 3.63) is 74.0 Å². The number of carbonyl (C=O) groups excluding carboxylic acids is 1. The Morgan fingerprint density at radius 1 is 1.18 bits per heavy atom. The lowest BCUT2D eigenvalue weighted by Gasteiger charge is -2.06. The van der Waals surface area contributed by atoms with E-state index in [0.29, 0.717) is 21.0 Å². The molecule has 0 aliphatic rings. The molecule has 0 unspecified atom stereocenters. The standard InChI is InChI=1S/C16H8BrClO4/c17-12-4-2-1-3-10(12)16(20)22-9-5-6-11-14(7-9)21-8-13(18)15(11)19/h1-8H. The predicted molar refractivity (Wildman–Crippen MR) is 86.6 cm³/mol. The van der Waals surface area contributed by atoms with Gasteiger partial charge in [0.2, 0.25) is 5.43 Å². The minimum Gasteiger partial charge on any atom is -0.462 e. The van der Waals surface area contributed by atoms with Crippen molar-refractivity contribution < 1.29 is 13.9 Å². The van der Waals surface area contributed by atoms with Crippen LogP contribution >= 0.6 is 27.5 Å². The Hall–Kier alpha value is -2.11. The van der Waals surface area contributed by atoms with Gasteiger partial charge in [0, 0.05) is 10.5 Å². The summed E-state index contributed by atoms with van der Waals surface area (Å²) in [6, 6.07) is 11.4. The summed E-state index contributed by atoms with van der Waals surface area (Å²) in [6.45, 7) is 0. The number of halogens is 2. The molecule has 0 spiro atoms. The first-order valence-corrected chi connectivity index (χ1v) is 7.41.